The predicted octanol–water partition coefficient (Wildman–Crippen LogP) is 2.05. The molecule has 0 saturated heterocycles. The number of carbonyl (C=O) groups is 1. The van der Waals surface area contributed by atoms with Crippen LogP contribution in [0.1, 0.15) is 37.0 Å². The van der Waals surface area contributed by atoms with E-state index in [1.807, 2.05) is 0 Å². The van der Waals surface area contributed by atoms with Crippen LogP contribution in [0.5, 0.6) is 0 Å². The number of rotatable bonds is 6. The van der Waals surface area contributed by atoms with Gasteiger partial charge in [0, 0.05) is 18.3 Å². The van der Waals surface area contributed by atoms with Crippen LogP contribution >= 0.6 is 0 Å². The van der Waals surface area contributed by atoms with E-state index < -0.39 is 10.8 Å². The lowest BCUT2D eigenvalue weighted by atomic mass is 9.92. The highest BCUT2D eigenvalue weighted by Crippen LogP contribution is 2.51. The van der Waals surface area contributed by atoms with E-state index in [9.17, 15) is 14.9 Å². The van der Waals surface area contributed by atoms with Gasteiger partial charge in [-0.25, -0.2) is 0 Å². The summed E-state index contributed by atoms with van der Waals surface area (Å²) >= 11 is 0. The van der Waals surface area contributed by atoms with Crippen molar-refractivity contribution in [3.8, 4) is 0 Å². The van der Waals surface area contributed by atoms with Crippen LogP contribution in [-0.2, 0) is 0 Å². The number of nitrogens with two attached hydrogens (primary N) is 1. The molecule has 0 atom stereocenters. The lowest BCUT2D eigenvalue weighted by Crippen LogP contribution is -2.33. The van der Waals surface area contributed by atoms with Gasteiger partial charge in [0.25, 0.3) is 11.6 Å². The highest BCUT2D eigenvalue weighted by Gasteiger charge is 2.45. The molecule has 7 heteroatoms. The van der Waals surface area contributed by atoms with Crippen molar-refractivity contribution in [2.24, 2.45) is 17.2 Å². The van der Waals surface area contributed by atoms with Gasteiger partial charge in [-0.1, -0.05) is 13.8 Å². The zero-order valence-corrected chi connectivity index (χ0v) is 12.2. The highest BCUT2D eigenvalue weighted by molar-refractivity contribution is 5.99. The summed E-state index contributed by atoms with van der Waals surface area (Å²) in [4.78, 5) is 22.7. The number of nitro groups is 1. The third kappa shape index (κ3) is 3.13. The van der Waals surface area contributed by atoms with Crippen molar-refractivity contribution in [2.75, 3.05) is 12.0 Å². The molecule has 4 N–H and O–H groups in total. The third-order valence-corrected chi connectivity index (χ3v) is 4.32. The first-order chi connectivity index (χ1) is 9.89. The summed E-state index contributed by atoms with van der Waals surface area (Å²) in [6, 6.07) is 4.13. The van der Waals surface area contributed by atoms with Crippen molar-refractivity contribution in [3.05, 3.63) is 33.9 Å². The molecule has 0 bridgehead atoms. The molecular formula is C14H20N4O3. The van der Waals surface area contributed by atoms with Gasteiger partial charge in [-0.15, -0.1) is 0 Å². The largest absolute Gasteiger partial charge is 0.351 e. The van der Waals surface area contributed by atoms with Crippen molar-refractivity contribution in [3.63, 3.8) is 0 Å². The number of hydrogen-bond donors (Lipinski definition) is 3. The van der Waals surface area contributed by atoms with E-state index >= 15 is 0 Å². The van der Waals surface area contributed by atoms with Crippen molar-refractivity contribution < 1.29 is 9.72 Å². The second kappa shape index (κ2) is 5.69. The molecular weight excluding hydrogens is 272 g/mol. The van der Waals surface area contributed by atoms with Crippen molar-refractivity contribution in [2.45, 2.75) is 26.7 Å². The van der Waals surface area contributed by atoms with E-state index in [4.69, 9.17) is 5.84 Å². The summed E-state index contributed by atoms with van der Waals surface area (Å²) in [6.45, 7) is 4.79. The zero-order chi connectivity index (χ0) is 15.6. The van der Waals surface area contributed by atoms with Gasteiger partial charge in [0.15, 0.2) is 0 Å². The van der Waals surface area contributed by atoms with Gasteiger partial charge in [0.05, 0.1) is 4.92 Å². The lowest BCUT2D eigenvalue weighted by molar-refractivity contribution is -0.385. The smallest absolute Gasteiger partial charge is 0.282 e. The first-order valence-electron chi connectivity index (χ1n) is 6.93. The maximum absolute atomic E-state index is 12.3. The van der Waals surface area contributed by atoms with Crippen LogP contribution in [0.15, 0.2) is 18.2 Å². The monoisotopic (exact) mass is 292 g/mol. The fraction of sp³-hybridized carbons (Fsp3) is 0.500. The summed E-state index contributed by atoms with van der Waals surface area (Å²) < 4.78 is 0. The Bertz CT molecular complexity index is 567. The standard InChI is InChI=1S/C14H20N4O3/c1-9(2)14(5-6-14)8-16-13(19)11-7-10(17-15)3-4-12(11)18(20)21/h3-4,7,9,17H,5-6,8,15H2,1-2H3,(H,16,19). The number of carbonyl (C=O) groups excluding carboxylic acids is 1. The van der Waals surface area contributed by atoms with Crippen LogP contribution in [0.3, 0.4) is 0 Å². The number of nitrogens with one attached hydrogen (secondary N) is 2. The van der Waals surface area contributed by atoms with Gasteiger partial charge in [0.1, 0.15) is 5.56 Å². The predicted molar refractivity (Wildman–Crippen MR) is 79.7 cm³/mol. The normalized spacial score (nSPS) is 15.6. The van der Waals surface area contributed by atoms with Gasteiger partial charge in [0.2, 0.25) is 0 Å². The number of nitro benzene ring substituents is 1. The van der Waals surface area contributed by atoms with Crippen LogP contribution < -0.4 is 16.6 Å². The fourth-order valence-corrected chi connectivity index (χ4v) is 2.44. The number of hydrogen-bond acceptors (Lipinski definition) is 5. The Balaban J connectivity index is 2.16. The van der Waals surface area contributed by atoms with Gasteiger partial charge in [-0.2, -0.15) is 0 Å². The molecule has 1 amide bonds. The Labute approximate surface area is 123 Å². The first-order valence-corrected chi connectivity index (χ1v) is 6.93. The van der Waals surface area contributed by atoms with Crippen LogP contribution in [0.2, 0.25) is 0 Å². The Kier molecular flexibility index (Phi) is 4.13. The molecule has 114 valence electrons. The molecule has 0 aromatic heterocycles. The maximum Gasteiger partial charge on any atom is 0.282 e. The topological polar surface area (TPSA) is 110 Å². The number of nitrogens with zero attached hydrogens (tertiary/aromatic N) is 1. The molecule has 0 spiro atoms. The average molecular weight is 292 g/mol. The van der Waals surface area contributed by atoms with Gasteiger partial charge in [-0.05, 0) is 36.3 Å². The number of anilines is 1. The van der Waals surface area contributed by atoms with Crippen LogP contribution in [0, 0.1) is 21.4 Å². The molecule has 2 rings (SSSR count). The summed E-state index contributed by atoms with van der Waals surface area (Å²) in [7, 11) is 0. The van der Waals surface area contributed by atoms with Crippen LogP contribution in [0.25, 0.3) is 0 Å². The molecule has 0 unspecified atom stereocenters. The second-order valence-electron chi connectivity index (χ2n) is 5.83. The van der Waals surface area contributed by atoms with E-state index in [1.165, 1.54) is 18.2 Å². The minimum atomic E-state index is -0.565. The minimum absolute atomic E-state index is 0.0232. The summed E-state index contributed by atoms with van der Waals surface area (Å²) in [6.07, 6.45) is 2.16. The SMILES string of the molecule is CC(C)C1(CNC(=O)c2cc(NN)ccc2[N+](=O)[O-])CC1. The minimum Gasteiger partial charge on any atom is -0.351 e. The van der Waals surface area contributed by atoms with Crippen molar-refractivity contribution in [1.82, 2.24) is 5.32 Å². The van der Waals surface area contributed by atoms with Gasteiger partial charge >= 0.3 is 0 Å². The second-order valence-corrected chi connectivity index (χ2v) is 5.83. The van der Waals surface area contributed by atoms with E-state index in [2.05, 4.69) is 24.6 Å². The molecule has 0 radical (unpaired) electrons. The summed E-state index contributed by atoms with van der Waals surface area (Å²) in [5.41, 5.74) is 2.79. The van der Waals surface area contributed by atoms with E-state index in [0.29, 0.717) is 18.2 Å². The lowest BCUT2D eigenvalue weighted by Gasteiger charge is -2.20. The molecule has 1 aliphatic carbocycles. The number of amides is 1. The highest BCUT2D eigenvalue weighted by atomic mass is 16.6. The molecule has 1 saturated carbocycles. The van der Waals surface area contributed by atoms with Crippen LogP contribution in [0.4, 0.5) is 11.4 Å². The Hall–Kier alpha value is -2.15. The Morgan fingerprint density at radius 3 is 2.62 bits per heavy atom. The number of nitrogen functional groups attached to an aromatic ring is 1. The van der Waals surface area contributed by atoms with Gasteiger partial charge < -0.3 is 10.7 Å². The van der Waals surface area contributed by atoms with Crippen molar-refractivity contribution >= 4 is 17.3 Å². The van der Waals surface area contributed by atoms with Crippen molar-refractivity contribution in [1.29, 1.82) is 0 Å². The molecule has 1 aliphatic rings. The number of hydrazine groups is 1. The number of benzene rings is 1. The molecule has 0 aliphatic heterocycles. The zero-order valence-electron chi connectivity index (χ0n) is 12.2. The summed E-state index contributed by atoms with van der Waals surface area (Å²) in [5, 5.41) is 13.8. The molecule has 1 aromatic carbocycles. The Morgan fingerprint density at radius 2 is 2.14 bits per heavy atom. The average Bonchev–Trinajstić information content (AvgIpc) is 3.25. The molecule has 1 fully saturated rings. The fourth-order valence-electron chi connectivity index (χ4n) is 2.44. The molecule has 7 nitrogen and oxygen atoms in total. The van der Waals surface area contributed by atoms with E-state index in [0.717, 1.165) is 12.8 Å². The molecule has 21 heavy (non-hydrogen) atoms. The Morgan fingerprint density at radius 1 is 1.48 bits per heavy atom. The van der Waals surface area contributed by atoms with Gasteiger partial charge in [-0.3, -0.25) is 20.8 Å². The maximum atomic E-state index is 12.3. The third-order valence-electron chi connectivity index (χ3n) is 4.32. The first kappa shape index (κ1) is 15.2. The molecule has 0 heterocycles. The molecule has 1 aromatic rings. The van der Waals surface area contributed by atoms with E-state index in [1.54, 1.807) is 0 Å². The quantitative estimate of drug-likeness (QED) is 0.422. The summed E-state index contributed by atoms with van der Waals surface area (Å²) in [5.74, 6) is 5.32. The van der Waals surface area contributed by atoms with E-state index in [-0.39, 0.29) is 16.7 Å². The van der Waals surface area contributed by atoms with Crippen LogP contribution in [-0.4, -0.2) is 17.4 Å².